The maximum Gasteiger partial charge on any atom is 0.434 e. The molecule has 0 aliphatic heterocycles. The van der Waals surface area contributed by atoms with Crippen LogP contribution in [0.2, 0.25) is 0 Å². The Labute approximate surface area is 218 Å². The first kappa shape index (κ1) is 24.9. The third-order valence-corrected chi connectivity index (χ3v) is 7.69. The van der Waals surface area contributed by atoms with Crippen LogP contribution in [0.4, 0.5) is 10.5 Å². The number of hydrogen-bond donors (Lipinski definition) is 1. The number of carbonyl (C=O) groups excluding carboxylic acids is 1. The lowest BCUT2D eigenvalue weighted by Crippen LogP contribution is -2.39. The second-order valence-electron chi connectivity index (χ2n) is 8.66. The number of anilines is 1. The van der Waals surface area contributed by atoms with Crippen LogP contribution >= 0.6 is 0 Å². The van der Waals surface area contributed by atoms with Gasteiger partial charge in [0.05, 0.1) is 28.0 Å². The van der Waals surface area contributed by atoms with Crippen molar-refractivity contribution in [3.8, 4) is 5.75 Å². The molecule has 0 fully saturated rings. The van der Waals surface area contributed by atoms with Crippen LogP contribution in [-0.2, 0) is 21.2 Å². The second kappa shape index (κ2) is 9.95. The standard InChI is InChI=1S/C29H22N2O6S/c1-19-10-16-22(17-11-19)38(35,36)31(21-14-12-20(13-15-21)18-27(32)33)29(34)37-28-23-6-2-4-8-25(23)30-26-9-5-3-7-24(26)28/h2-17H,18H2,1H3,(H,32,33). The van der Waals surface area contributed by atoms with Crippen LogP contribution in [0.1, 0.15) is 11.1 Å². The lowest BCUT2D eigenvalue weighted by atomic mass is 10.1. The smallest absolute Gasteiger partial charge is 0.434 e. The highest BCUT2D eigenvalue weighted by Gasteiger charge is 2.33. The van der Waals surface area contributed by atoms with Gasteiger partial charge >= 0.3 is 12.1 Å². The van der Waals surface area contributed by atoms with E-state index in [1.165, 1.54) is 36.4 Å². The highest BCUT2D eigenvalue weighted by Crippen LogP contribution is 2.34. The van der Waals surface area contributed by atoms with Gasteiger partial charge in [-0.1, -0.05) is 54.1 Å². The van der Waals surface area contributed by atoms with Crippen molar-refractivity contribution in [2.75, 3.05) is 4.31 Å². The Bertz CT molecular complexity index is 1730. The Morgan fingerprint density at radius 1 is 0.816 bits per heavy atom. The van der Waals surface area contributed by atoms with Gasteiger partial charge in [-0.15, -0.1) is 0 Å². The van der Waals surface area contributed by atoms with Crippen LogP contribution in [-0.4, -0.2) is 30.6 Å². The molecular formula is C29H22N2O6S. The summed E-state index contributed by atoms with van der Waals surface area (Å²) in [5.74, 6) is -0.847. The molecule has 8 nitrogen and oxygen atoms in total. The minimum atomic E-state index is -4.41. The van der Waals surface area contributed by atoms with Crippen molar-refractivity contribution in [3.63, 3.8) is 0 Å². The molecular weight excluding hydrogens is 504 g/mol. The summed E-state index contributed by atoms with van der Waals surface area (Å²) in [6, 6.07) is 26.0. The minimum Gasteiger partial charge on any atom is -0.481 e. The number of aliphatic carboxylic acids is 1. The van der Waals surface area contributed by atoms with Gasteiger partial charge < -0.3 is 9.84 Å². The number of nitrogens with zero attached hydrogens (tertiary/aromatic N) is 2. The maximum atomic E-state index is 13.8. The normalized spacial score (nSPS) is 11.4. The maximum absolute atomic E-state index is 13.8. The van der Waals surface area contributed by atoms with Gasteiger partial charge in [0.2, 0.25) is 0 Å². The van der Waals surface area contributed by atoms with Crippen LogP contribution in [0.5, 0.6) is 5.75 Å². The molecule has 0 saturated heterocycles. The van der Waals surface area contributed by atoms with Crippen molar-refractivity contribution in [1.29, 1.82) is 0 Å². The fraction of sp³-hybridized carbons (Fsp3) is 0.0690. The van der Waals surface area contributed by atoms with Gasteiger partial charge in [-0.05, 0) is 61.0 Å². The minimum absolute atomic E-state index is 0.00683. The molecule has 1 heterocycles. The van der Waals surface area contributed by atoms with E-state index in [0.717, 1.165) is 5.56 Å². The number of aryl methyl sites for hydroxylation is 1. The van der Waals surface area contributed by atoms with Crippen LogP contribution in [0.15, 0.2) is 102 Å². The van der Waals surface area contributed by atoms with E-state index in [0.29, 0.717) is 31.7 Å². The van der Waals surface area contributed by atoms with E-state index in [9.17, 15) is 18.0 Å². The van der Waals surface area contributed by atoms with Crippen LogP contribution < -0.4 is 9.04 Å². The number of carboxylic acid groups (broad SMARTS) is 1. The third kappa shape index (κ3) is 4.79. The number of pyridine rings is 1. The van der Waals surface area contributed by atoms with Crippen molar-refractivity contribution in [2.45, 2.75) is 18.2 Å². The molecule has 38 heavy (non-hydrogen) atoms. The quantitative estimate of drug-likeness (QED) is 0.282. The molecule has 4 aromatic carbocycles. The molecule has 1 amide bonds. The van der Waals surface area contributed by atoms with Crippen molar-refractivity contribution in [2.24, 2.45) is 0 Å². The summed E-state index contributed by atoms with van der Waals surface area (Å²) in [4.78, 5) is 29.4. The number of carboxylic acids is 1. The predicted molar refractivity (Wildman–Crippen MR) is 144 cm³/mol. The van der Waals surface area contributed by atoms with E-state index < -0.39 is 22.1 Å². The van der Waals surface area contributed by atoms with Gasteiger partial charge in [0.25, 0.3) is 10.0 Å². The first-order valence-electron chi connectivity index (χ1n) is 11.7. The Kier molecular flexibility index (Phi) is 6.52. The van der Waals surface area contributed by atoms with Crippen molar-refractivity contribution in [3.05, 3.63) is 108 Å². The molecule has 9 heteroatoms. The molecule has 5 rings (SSSR count). The number of fused-ring (bicyclic) bond motifs is 2. The van der Waals surface area contributed by atoms with E-state index in [1.54, 1.807) is 48.5 Å². The van der Waals surface area contributed by atoms with E-state index in [2.05, 4.69) is 4.98 Å². The Balaban J connectivity index is 1.64. The number of benzene rings is 4. The molecule has 0 bridgehead atoms. The summed E-state index contributed by atoms with van der Waals surface area (Å²) in [6.45, 7) is 1.82. The molecule has 190 valence electrons. The van der Waals surface area contributed by atoms with Crippen LogP contribution in [0.25, 0.3) is 21.8 Å². The van der Waals surface area contributed by atoms with E-state index in [-0.39, 0.29) is 22.8 Å². The zero-order valence-corrected chi connectivity index (χ0v) is 21.1. The number of ether oxygens (including phenoxy) is 1. The molecule has 0 atom stereocenters. The summed E-state index contributed by atoms with van der Waals surface area (Å²) in [5, 5.41) is 10.2. The molecule has 5 aromatic rings. The monoisotopic (exact) mass is 526 g/mol. The fourth-order valence-corrected chi connectivity index (χ4v) is 5.45. The Morgan fingerprint density at radius 3 is 1.92 bits per heavy atom. The van der Waals surface area contributed by atoms with Gasteiger partial charge in [-0.25, -0.2) is 18.2 Å². The lowest BCUT2D eigenvalue weighted by molar-refractivity contribution is -0.136. The van der Waals surface area contributed by atoms with Crippen LogP contribution in [0, 0.1) is 6.92 Å². The number of para-hydroxylation sites is 2. The second-order valence-corrected chi connectivity index (χ2v) is 10.4. The highest BCUT2D eigenvalue weighted by molar-refractivity contribution is 7.93. The van der Waals surface area contributed by atoms with Gasteiger partial charge in [-0.3, -0.25) is 4.79 Å². The molecule has 0 aliphatic rings. The molecule has 0 aliphatic carbocycles. The predicted octanol–water partition coefficient (Wildman–Crippen LogP) is 5.72. The molecule has 0 spiro atoms. The molecule has 1 aromatic heterocycles. The summed E-state index contributed by atoms with van der Waals surface area (Å²) >= 11 is 0. The van der Waals surface area contributed by atoms with Crippen molar-refractivity contribution in [1.82, 2.24) is 4.98 Å². The first-order valence-corrected chi connectivity index (χ1v) is 13.1. The molecule has 0 saturated carbocycles. The summed E-state index contributed by atoms with van der Waals surface area (Å²) in [5.41, 5.74) is 2.48. The van der Waals surface area contributed by atoms with Gasteiger partial charge in [-0.2, -0.15) is 4.31 Å². The largest absolute Gasteiger partial charge is 0.481 e. The molecule has 0 unspecified atom stereocenters. The average molecular weight is 527 g/mol. The topological polar surface area (TPSA) is 114 Å². The third-order valence-electron chi connectivity index (χ3n) is 5.98. The first-order chi connectivity index (χ1) is 18.2. The van der Waals surface area contributed by atoms with E-state index in [4.69, 9.17) is 9.84 Å². The average Bonchev–Trinajstić information content (AvgIpc) is 2.89. The fourth-order valence-electron chi connectivity index (χ4n) is 4.12. The molecule has 1 N–H and O–H groups in total. The highest BCUT2D eigenvalue weighted by atomic mass is 32.2. The Hall–Kier alpha value is -4.76. The van der Waals surface area contributed by atoms with Gasteiger partial charge in [0.15, 0.2) is 5.75 Å². The van der Waals surface area contributed by atoms with Crippen LogP contribution in [0.3, 0.4) is 0 Å². The van der Waals surface area contributed by atoms with Crippen molar-refractivity contribution >= 4 is 49.6 Å². The number of aromatic nitrogens is 1. The number of amides is 1. The number of hydrogen-bond acceptors (Lipinski definition) is 6. The van der Waals surface area contributed by atoms with E-state index in [1.807, 2.05) is 19.1 Å². The zero-order valence-electron chi connectivity index (χ0n) is 20.2. The zero-order chi connectivity index (χ0) is 26.9. The lowest BCUT2D eigenvalue weighted by Gasteiger charge is -2.23. The van der Waals surface area contributed by atoms with Gasteiger partial charge in [0.1, 0.15) is 0 Å². The summed E-state index contributed by atoms with van der Waals surface area (Å²) in [7, 11) is -4.41. The number of rotatable bonds is 6. The SMILES string of the molecule is Cc1ccc(S(=O)(=O)N(C(=O)Oc2c3ccccc3nc3ccccc23)c2ccc(CC(=O)O)cc2)cc1. The summed E-state index contributed by atoms with van der Waals surface area (Å²) < 4.78 is 34.0. The van der Waals surface area contributed by atoms with Crippen molar-refractivity contribution < 1.29 is 27.9 Å². The van der Waals surface area contributed by atoms with Gasteiger partial charge in [0, 0.05) is 10.8 Å². The number of carbonyl (C=O) groups is 2. The molecule has 0 radical (unpaired) electrons. The summed E-state index contributed by atoms with van der Waals surface area (Å²) in [6.07, 6.45) is -1.39. The number of sulfonamides is 1. The Morgan fingerprint density at radius 2 is 1.37 bits per heavy atom. The van der Waals surface area contributed by atoms with E-state index >= 15 is 0 Å².